The van der Waals surface area contributed by atoms with Crippen LogP contribution in [0.15, 0.2) is 0 Å². The molecule has 0 heterocycles. The van der Waals surface area contributed by atoms with Crippen molar-refractivity contribution in [2.24, 2.45) is 5.73 Å². The van der Waals surface area contributed by atoms with E-state index in [4.69, 9.17) is 5.73 Å². The van der Waals surface area contributed by atoms with Gasteiger partial charge < -0.3 is 11.1 Å². The summed E-state index contributed by atoms with van der Waals surface area (Å²) in [4.78, 5) is 10.7. The third kappa shape index (κ3) is 5.72. The van der Waals surface area contributed by atoms with Gasteiger partial charge in [-0.15, -0.1) is 0 Å². The van der Waals surface area contributed by atoms with Crippen molar-refractivity contribution in [1.82, 2.24) is 5.32 Å². The molecule has 0 unspecified atom stereocenters. The first kappa shape index (κ1) is 9.59. The fourth-order valence-electron chi connectivity index (χ4n) is 0.632. The predicted molar refractivity (Wildman–Crippen MR) is 41.8 cm³/mol. The predicted octanol–water partition coefficient (Wildman–Crippen LogP) is -0.0961. The maximum Gasteiger partial charge on any atom is 0.133 e. The molecule has 0 aromatic carbocycles. The van der Waals surface area contributed by atoms with Gasteiger partial charge in [0.1, 0.15) is 5.78 Å². The molecule has 0 bridgehead atoms. The molecule has 0 aliphatic carbocycles. The van der Waals surface area contributed by atoms with Gasteiger partial charge in [0.2, 0.25) is 0 Å². The first-order valence-electron chi connectivity index (χ1n) is 3.73. The second-order valence-electron chi connectivity index (χ2n) is 2.18. The summed E-state index contributed by atoms with van der Waals surface area (Å²) in [7, 11) is 0. The number of ketones is 1. The van der Waals surface area contributed by atoms with E-state index in [-0.39, 0.29) is 0 Å². The SMILES string of the molecule is CCC(=O)CCNCCN. The molecule has 10 heavy (non-hydrogen) atoms. The summed E-state index contributed by atoms with van der Waals surface area (Å²) in [6.07, 6.45) is 1.28. The Morgan fingerprint density at radius 2 is 2.20 bits per heavy atom. The Kier molecular flexibility index (Phi) is 6.43. The molecular formula is C7H16N2O. The zero-order chi connectivity index (χ0) is 7.82. The zero-order valence-corrected chi connectivity index (χ0v) is 6.52. The second kappa shape index (κ2) is 6.71. The topological polar surface area (TPSA) is 55.1 Å². The standard InChI is InChI=1S/C7H16N2O/c1-2-7(10)3-5-9-6-4-8/h9H,2-6,8H2,1H3. The average molecular weight is 144 g/mol. The van der Waals surface area contributed by atoms with Crippen molar-refractivity contribution in [2.45, 2.75) is 19.8 Å². The van der Waals surface area contributed by atoms with Gasteiger partial charge in [-0.2, -0.15) is 0 Å². The summed E-state index contributed by atoms with van der Waals surface area (Å²) in [6, 6.07) is 0. The molecule has 3 N–H and O–H groups in total. The largest absolute Gasteiger partial charge is 0.329 e. The quantitative estimate of drug-likeness (QED) is 0.512. The van der Waals surface area contributed by atoms with Crippen LogP contribution in [0.4, 0.5) is 0 Å². The lowest BCUT2D eigenvalue weighted by molar-refractivity contribution is -0.118. The molecule has 3 heteroatoms. The van der Waals surface area contributed by atoms with E-state index in [1.807, 2.05) is 6.92 Å². The molecule has 0 atom stereocenters. The Balaban J connectivity index is 2.96. The number of nitrogens with one attached hydrogen (secondary N) is 1. The van der Waals surface area contributed by atoms with E-state index in [9.17, 15) is 4.79 Å². The number of rotatable bonds is 6. The van der Waals surface area contributed by atoms with Crippen LogP contribution < -0.4 is 11.1 Å². The van der Waals surface area contributed by atoms with Crippen molar-refractivity contribution in [3.8, 4) is 0 Å². The van der Waals surface area contributed by atoms with E-state index in [1.54, 1.807) is 0 Å². The summed E-state index contributed by atoms with van der Waals surface area (Å²) in [6.45, 7) is 4.09. The Hall–Kier alpha value is -0.410. The van der Waals surface area contributed by atoms with Crippen LogP contribution in [0, 0.1) is 0 Å². The van der Waals surface area contributed by atoms with Gasteiger partial charge >= 0.3 is 0 Å². The van der Waals surface area contributed by atoms with E-state index in [2.05, 4.69) is 5.32 Å². The fraction of sp³-hybridized carbons (Fsp3) is 0.857. The van der Waals surface area contributed by atoms with Crippen LogP contribution in [0.3, 0.4) is 0 Å². The lowest BCUT2D eigenvalue weighted by atomic mass is 10.2. The minimum atomic E-state index is 0.310. The van der Waals surface area contributed by atoms with E-state index in [0.29, 0.717) is 25.2 Å². The van der Waals surface area contributed by atoms with Crippen molar-refractivity contribution in [2.75, 3.05) is 19.6 Å². The van der Waals surface area contributed by atoms with E-state index < -0.39 is 0 Å². The molecule has 0 saturated carbocycles. The molecule has 0 amide bonds. The van der Waals surface area contributed by atoms with E-state index >= 15 is 0 Å². The van der Waals surface area contributed by atoms with Gasteiger partial charge in [-0.05, 0) is 0 Å². The fourth-order valence-corrected chi connectivity index (χ4v) is 0.632. The summed E-state index contributed by atoms with van der Waals surface area (Å²) in [5, 5.41) is 3.05. The van der Waals surface area contributed by atoms with Crippen LogP contribution in [0.5, 0.6) is 0 Å². The van der Waals surface area contributed by atoms with Gasteiger partial charge in [-0.1, -0.05) is 6.92 Å². The first-order chi connectivity index (χ1) is 4.81. The molecule has 0 aromatic heterocycles. The molecule has 0 rings (SSSR count). The first-order valence-corrected chi connectivity index (χ1v) is 3.73. The number of Topliss-reactive ketones (excluding diaryl/α,β-unsaturated/α-hetero) is 1. The molecular weight excluding hydrogens is 128 g/mol. The van der Waals surface area contributed by atoms with Gasteiger partial charge in [0.05, 0.1) is 0 Å². The van der Waals surface area contributed by atoms with Gasteiger partial charge in [0.25, 0.3) is 0 Å². The second-order valence-corrected chi connectivity index (χ2v) is 2.18. The summed E-state index contributed by atoms with van der Waals surface area (Å²) in [5.74, 6) is 0.310. The Bertz CT molecular complexity index is 93.6. The molecule has 0 aliphatic rings. The van der Waals surface area contributed by atoms with Crippen molar-refractivity contribution in [3.63, 3.8) is 0 Å². The molecule has 0 aliphatic heterocycles. The Morgan fingerprint density at radius 3 is 2.70 bits per heavy atom. The summed E-state index contributed by atoms with van der Waals surface area (Å²) < 4.78 is 0. The molecule has 0 fully saturated rings. The zero-order valence-electron chi connectivity index (χ0n) is 6.52. The highest BCUT2D eigenvalue weighted by Crippen LogP contribution is 1.85. The number of carbonyl (C=O) groups excluding carboxylic acids is 1. The number of nitrogens with two attached hydrogens (primary N) is 1. The van der Waals surface area contributed by atoms with Crippen molar-refractivity contribution in [3.05, 3.63) is 0 Å². The molecule has 0 saturated heterocycles. The molecule has 0 radical (unpaired) electrons. The minimum Gasteiger partial charge on any atom is -0.329 e. The lowest BCUT2D eigenvalue weighted by Gasteiger charge is -1.99. The Labute approximate surface area is 62.0 Å². The van der Waals surface area contributed by atoms with Crippen LogP contribution in [0.25, 0.3) is 0 Å². The third-order valence-corrected chi connectivity index (χ3v) is 1.30. The molecule has 3 nitrogen and oxygen atoms in total. The number of hydrogen-bond acceptors (Lipinski definition) is 3. The smallest absolute Gasteiger partial charge is 0.133 e. The molecule has 0 spiro atoms. The number of carbonyl (C=O) groups is 1. The van der Waals surface area contributed by atoms with Gasteiger partial charge in [0.15, 0.2) is 0 Å². The normalized spacial score (nSPS) is 9.80. The van der Waals surface area contributed by atoms with E-state index in [0.717, 1.165) is 13.1 Å². The monoisotopic (exact) mass is 144 g/mol. The lowest BCUT2D eigenvalue weighted by Crippen LogP contribution is -2.24. The third-order valence-electron chi connectivity index (χ3n) is 1.30. The van der Waals surface area contributed by atoms with Crippen LogP contribution in [0.2, 0.25) is 0 Å². The van der Waals surface area contributed by atoms with Gasteiger partial charge in [-0.25, -0.2) is 0 Å². The molecule has 0 aromatic rings. The Morgan fingerprint density at radius 1 is 1.50 bits per heavy atom. The van der Waals surface area contributed by atoms with Gasteiger partial charge in [0, 0.05) is 32.5 Å². The van der Waals surface area contributed by atoms with Crippen LogP contribution in [-0.2, 0) is 4.79 Å². The van der Waals surface area contributed by atoms with Crippen LogP contribution >= 0.6 is 0 Å². The van der Waals surface area contributed by atoms with Crippen molar-refractivity contribution in [1.29, 1.82) is 0 Å². The van der Waals surface area contributed by atoms with Crippen molar-refractivity contribution >= 4 is 5.78 Å². The average Bonchev–Trinajstić information content (AvgIpc) is 1.98. The molecule has 60 valence electrons. The summed E-state index contributed by atoms with van der Waals surface area (Å²) >= 11 is 0. The van der Waals surface area contributed by atoms with Gasteiger partial charge in [-0.3, -0.25) is 4.79 Å². The van der Waals surface area contributed by atoms with Crippen LogP contribution in [-0.4, -0.2) is 25.4 Å². The number of hydrogen-bond donors (Lipinski definition) is 2. The highest BCUT2D eigenvalue weighted by molar-refractivity contribution is 5.78. The van der Waals surface area contributed by atoms with Crippen molar-refractivity contribution < 1.29 is 4.79 Å². The highest BCUT2D eigenvalue weighted by atomic mass is 16.1. The maximum atomic E-state index is 10.7. The summed E-state index contributed by atoms with van der Waals surface area (Å²) in [5.41, 5.74) is 5.23. The minimum absolute atomic E-state index is 0.310. The highest BCUT2D eigenvalue weighted by Gasteiger charge is 1.95. The van der Waals surface area contributed by atoms with E-state index in [1.165, 1.54) is 0 Å². The van der Waals surface area contributed by atoms with Crippen LogP contribution in [0.1, 0.15) is 19.8 Å². The maximum absolute atomic E-state index is 10.7.